The first-order valence-corrected chi connectivity index (χ1v) is 5.31. The van der Waals surface area contributed by atoms with Gasteiger partial charge in [0, 0.05) is 13.2 Å². The Hall–Kier alpha value is -1.01. The molecule has 7 heteroatoms. The number of halogens is 2. The van der Waals surface area contributed by atoms with Crippen molar-refractivity contribution in [2.75, 3.05) is 0 Å². The Morgan fingerprint density at radius 3 is 2.80 bits per heavy atom. The molecule has 0 aliphatic heterocycles. The molecule has 0 aromatic carbocycles. The van der Waals surface area contributed by atoms with Gasteiger partial charge in [-0.1, -0.05) is 5.21 Å². The van der Waals surface area contributed by atoms with E-state index in [0.29, 0.717) is 4.60 Å². The van der Waals surface area contributed by atoms with Gasteiger partial charge in [0.1, 0.15) is 5.69 Å². The molecule has 0 aliphatic carbocycles. The minimum atomic E-state index is 0.212. The van der Waals surface area contributed by atoms with Crippen LogP contribution in [0, 0.1) is 6.92 Å². The van der Waals surface area contributed by atoms with Crippen molar-refractivity contribution >= 4 is 27.5 Å². The second-order valence-corrected chi connectivity index (χ2v) is 4.11. The zero-order valence-electron chi connectivity index (χ0n) is 8.07. The van der Waals surface area contributed by atoms with E-state index >= 15 is 0 Å². The molecule has 15 heavy (non-hydrogen) atoms. The summed E-state index contributed by atoms with van der Waals surface area (Å²) in [4.78, 5) is 8.06. The van der Waals surface area contributed by atoms with Crippen LogP contribution in [0.15, 0.2) is 10.8 Å². The van der Waals surface area contributed by atoms with Crippen molar-refractivity contribution in [2.45, 2.75) is 6.92 Å². The van der Waals surface area contributed by atoms with Crippen LogP contribution in [0.1, 0.15) is 5.56 Å². The van der Waals surface area contributed by atoms with Crippen molar-refractivity contribution in [2.24, 2.45) is 7.05 Å². The van der Waals surface area contributed by atoms with Gasteiger partial charge in [-0.2, -0.15) is 0 Å². The summed E-state index contributed by atoms with van der Waals surface area (Å²) in [6.07, 6.45) is 1.67. The molecule has 0 atom stereocenters. The topological polar surface area (TPSA) is 56.5 Å². The zero-order valence-corrected chi connectivity index (χ0v) is 10.4. The van der Waals surface area contributed by atoms with Gasteiger partial charge >= 0.3 is 0 Å². The summed E-state index contributed by atoms with van der Waals surface area (Å²) in [5, 5.41) is 7.98. The number of aryl methyl sites for hydroxylation is 2. The molecule has 0 aliphatic rings. The van der Waals surface area contributed by atoms with Gasteiger partial charge in [-0.3, -0.25) is 0 Å². The van der Waals surface area contributed by atoms with Crippen molar-refractivity contribution in [3.8, 4) is 11.4 Å². The predicted molar refractivity (Wildman–Crippen MR) is 59.5 cm³/mol. The highest BCUT2D eigenvalue weighted by Gasteiger charge is 2.15. The van der Waals surface area contributed by atoms with Gasteiger partial charge in [0.05, 0.1) is 5.69 Å². The Balaban J connectivity index is 2.68. The van der Waals surface area contributed by atoms with Gasteiger partial charge in [0.25, 0.3) is 0 Å². The van der Waals surface area contributed by atoms with Gasteiger partial charge in [-0.05, 0) is 40.0 Å². The molecular weight excluding hydrogens is 281 g/mol. The molecular formula is C8H7BrClN5. The van der Waals surface area contributed by atoms with Crippen LogP contribution in [-0.2, 0) is 7.05 Å². The number of hydrogen-bond acceptors (Lipinski definition) is 4. The van der Waals surface area contributed by atoms with Crippen molar-refractivity contribution in [3.05, 3.63) is 21.6 Å². The summed E-state index contributed by atoms with van der Waals surface area (Å²) < 4.78 is 2.28. The maximum atomic E-state index is 5.75. The van der Waals surface area contributed by atoms with Crippen molar-refractivity contribution in [1.29, 1.82) is 0 Å². The lowest BCUT2D eigenvalue weighted by Gasteiger charge is -2.04. The minimum absolute atomic E-state index is 0.212. The summed E-state index contributed by atoms with van der Waals surface area (Å²) in [6, 6.07) is 0. The molecule has 0 bridgehead atoms. The zero-order chi connectivity index (χ0) is 11.0. The maximum absolute atomic E-state index is 5.75. The van der Waals surface area contributed by atoms with Crippen LogP contribution < -0.4 is 0 Å². The smallest absolute Gasteiger partial charge is 0.222 e. The van der Waals surface area contributed by atoms with E-state index < -0.39 is 0 Å². The second-order valence-electron chi connectivity index (χ2n) is 3.02. The van der Waals surface area contributed by atoms with Crippen molar-refractivity contribution in [1.82, 2.24) is 25.0 Å². The fourth-order valence-corrected chi connectivity index (χ4v) is 1.89. The largest absolute Gasteiger partial charge is 0.245 e. The standard InChI is InChI=1S/C8H7BrClN5/c1-4-3-11-8(10)12-5(4)6-7(9)13-14-15(6)2/h3H,1-2H3. The molecule has 2 aromatic rings. The fraction of sp³-hybridized carbons (Fsp3) is 0.250. The minimum Gasteiger partial charge on any atom is -0.245 e. The number of aromatic nitrogens is 5. The summed E-state index contributed by atoms with van der Waals surface area (Å²) in [5.41, 5.74) is 2.44. The van der Waals surface area contributed by atoms with Crippen LogP contribution in [0.2, 0.25) is 5.28 Å². The molecule has 78 valence electrons. The van der Waals surface area contributed by atoms with Gasteiger partial charge in [0.2, 0.25) is 5.28 Å². The number of nitrogens with zero attached hydrogens (tertiary/aromatic N) is 5. The number of rotatable bonds is 1. The highest BCUT2D eigenvalue weighted by Crippen LogP contribution is 2.26. The van der Waals surface area contributed by atoms with E-state index in [4.69, 9.17) is 11.6 Å². The highest BCUT2D eigenvalue weighted by atomic mass is 79.9. The van der Waals surface area contributed by atoms with Crippen LogP contribution in [0.25, 0.3) is 11.4 Å². The third-order valence-corrected chi connectivity index (χ3v) is 2.67. The molecule has 2 rings (SSSR count). The van der Waals surface area contributed by atoms with E-state index in [-0.39, 0.29) is 5.28 Å². The van der Waals surface area contributed by atoms with Crippen LogP contribution >= 0.6 is 27.5 Å². The molecule has 5 nitrogen and oxygen atoms in total. The number of hydrogen-bond donors (Lipinski definition) is 0. The molecule has 2 heterocycles. The molecule has 0 unspecified atom stereocenters. The molecule has 0 fully saturated rings. The van der Waals surface area contributed by atoms with E-state index in [9.17, 15) is 0 Å². The van der Waals surface area contributed by atoms with Gasteiger partial charge < -0.3 is 0 Å². The lowest BCUT2D eigenvalue weighted by atomic mass is 10.2. The van der Waals surface area contributed by atoms with E-state index in [1.807, 2.05) is 6.92 Å². The monoisotopic (exact) mass is 287 g/mol. The Kier molecular flexibility index (Phi) is 2.70. The average Bonchev–Trinajstić information content (AvgIpc) is 2.51. The SMILES string of the molecule is Cc1cnc(Cl)nc1-c1c(Br)nnn1C. The van der Waals surface area contributed by atoms with Crippen molar-refractivity contribution < 1.29 is 0 Å². The summed E-state index contributed by atoms with van der Waals surface area (Å²) in [6.45, 7) is 1.91. The molecule has 2 aromatic heterocycles. The summed E-state index contributed by atoms with van der Waals surface area (Å²) >= 11 is 9.07. The average molecular weight is 289 g/mol. The van der Waals surface area contributed by atoms with Crippen LogP contribution in [0.3, 0.4) is 0 Å². The summed E-state index contributed by atoms with van der Waals surface area (Å²) in [7, 11) is 1.79. The van der Waals surface area contributed by atoms with Gasteiger partial charge in [0.15, 0.2) is 4.60 Å². The van der Waals surface area contributed by atoms with E-state index in [1.54, 1.807) is 17.9 Å². The first-order chi connectivity index (χ1) is 7.09. The van der Waals surface area contributed by atoms with Crippen LogP contribution in [0.5, 0.6) is 0 Å². The predicted octanol–water partition coefficient (Wildman–Crippen LogP) is 2.00. The summed E-state index contributed by atoms with van der Waals surface area (Å²) in [5.74, 6) is 0. The molecule has 0 radical (unpaired) electrons. The molecule has 0 saturated carbocycles. The Morgan fingerprint density at radius 1 is 1.47 bits per heavy atom. The second kappa shape index (κ2) is 3.86. The first kappa shape index (κ1) is 10.5. The van der Waals surface area contributed by atoms with E-state index in [1.165, 1.54) is 0 Å². The van der Waals surface area contributed by atoms with Crippen LogP contribution in [-0.4, -0.2) is 25.0 Å². The third kappa shape index (κ3) is 1.87. The third-order valence-electron chi connectivity index (χ3n) is 1.95. The van der Waals surface area contributed by atoms with E-state index in [0.717, 1.165) is 17.0 Å². The Labute approximate surface area is 99.6 Å². The Morgan fingerprint density at radius 2 is 2.20 bits per heavy atom. The fourth-order valence-electron chi connectivity index (χ4n) is 1.24. The Bertz CT molecular complexity index is 490. The molecule has 0 saturated heterocycles. The highest BCUT2D eigenvalue weighted by molar-refractivity contribution is 9.10. The van der Waals surface area contributed by atoms with Crippen LogP contribution in [0.4, 0.5) is 0 Å². The first-order valence-electron chi connectivity index (χ1n) is 4.14. The quantitative estimate of drug-likeness (QED) is 0.753. The molecule has 0 N–H and O–H groups in total. The van der Waals surface area contributed by atoms with Gasteiger partial charge in [-0.15, -0.1) is 5.10 Å². The molecule has 0 amide bonds. The van der Waals surface area contributed by atoms with E-state index in [2.05, 4.69) is 36.2 Å². The lowest BCUT2D eigenvalue weighted by molar-refractivity contribution is 0.718. The van der Waals surface area contributed by atoms with Gasteiger partial charge in [-0.25, -0.2) is 14.6 Å². The molecule has 0 spiro atoms. The normalized spacial score (nSPS) is 10.7. The van der Waals surface area contributed by atoms with Crippen molar-refractivity contribution in [3.63, 3.8) is 0 Å². The maximum Gasteiger partial charge on any atom is 0.222 e. The lowest BCUT2D eigenvalue weighted by Crippen LogP contribution is -1.99.